The van der Waals surface area contributed by atoms with Gasteiger partial charge in [0, 0.05) is 0 Å². The van der Waals surface area contributed by atoms with Crippen LogP contribution < -0.4 is 5.32 Å². The lowest BCUT2D eigenvalue weighted by atomic mass is 10.3. The van der Waals surface area contributed by atoms with Crippen LogP contribution >= 0.6 is 0 Å². The molecular formula is C12H19N. The molecule has 0 aromatic heterocycles. The average molecular weight is 177 g/mol. The summed E-state index contributed by atoms with van der Waals surface area (Å²) >= 11 is 0. The molecule has 0 saturated heterocycles. The van der Waals surface area contributed by atoms with Crippen LogP contribution in [0.15, 0.2) is 24.3 Å². The van der Waals surface area contributed by atoms with Gasteiger partial charge >= 0.3 is 0 Å². The number of benzene rings is 1. The number of hydrogen-bond acceptors (Lipinski definition) is 1. The van der Waals surface area contributed by atoms with Gasteiger partial charge in [-0.25, -0.2) is 0 Å². The third-order valence-electron chi connectivity index (χ3n) is 2.15. The van der Waals surface area contributed by atoms with E-state index in [9.17, 15) is 0 Å². The fourth-order valence-corrected chi connectivity index (χ4v) is 1.19. The lowest BCUT2D eigenvalue weighted by Crippen LogP contribution is -2.06. The van der Waals surface area contributed by atoms with E-state index < -0.39 is 0 Å². The fourth-order valence-electron chi connectivity index (χ4n) is 1.19. The average Bonchev–Trinajstić information content (AvgIpc) is 2.94. The maximum Gasteiger partial charge on any atom is -0.00201 e. The summed E-state index contributed by atoms with van der Waals surface area (Å²) in [6, 6.07) is 8.53. The molecule has 0 aliphatic heterocycles. The Hall–Kier alpha value is -0.820. The Labute approximate surface area is 81.2 Å². The second kappa shape index (κ2) is 5.76. The van der Waals surface area contributed by atoms with E-state index in [1.807, 2.05) is 7.05 Å². The molecule has 13 heavy (non-hydrogen) atoms. The molecule has 1 aromatic rings. The molecule has 72 valence electrons. The van der Waals surface area contributed by atoms with Crippen molar-refractivity contribution < 1.29 is 0 Å². The van der Waals surface area contributed by atoms with Gasteiger partial charge in [-0.15, -0.1) is 0 Å². The van der Waals surface area contributed by atoms with Gasteiger partial charge in [0.1, 0.15) is 0 Å². The standard InChI is InChI=1S/C7H6.C5H13N/c1-2-4-7-5-6(7)3-1;1-3-4-5-6-2/h1-4H,5H2;6H,3-5H2,1-2H3. The molecule has 0 saturated carbocycles. The van der Waals surface area contributed by atoms with Gasteiger partial charge in [-0.05, 0) is 37.6 Å². The van der Waals surface area contributed by atoms with Crippen molar-refractivity contribution in [1.29, 1.82) is 0 Å². The zero-order valence-corrected chi connectivity index (χ0v) is 8.64. The molecule has 0 spiro atoms. The zero-order valence-electron chi connectivity index (χ0n) is 8.64. The quantitative estimate of drug-likeness (QED) is 0.711. The molecule has 1 heteroatoms. The Morgan fingerprint density at radius 1 is 1.23 bits per heavy atom. The Kier molecular flexibility index (Phi) is 4.55. The third kappa shape index (κ3) is 4.09. The van der Waals surface area contributed by atoms with Crippen LogP contribution in [0, 0.1) is 0 Å². The minimum atomic E-state index is 1.16. The van der Waals surface area contributed by atoms with Gasteiger partial charge in [0.15, 0.2) is 0 Å². The molecule has 0 bridgehead atoms. The molecule has 0 atom stereocenters. The minimum Gasteiger partial charge on any atom is -0.320 e. The molecule has 0 heterocycles. The van der Waals surface area contributed by atoms with Crippen LogP contribution in [-0.2, 0) is 6.42 Å². The Bertz CT molecular complexity index is 218. The first-order chi connectivity index (χ1) is 6.38. The van der Waals surface area contributed by atoms with E-state index in [1.54, 1.807) is 0 Å². The largest absolute Gasteiger partial charge is 0.320 e. The molecule has 0 unspecified atom stereocenters. The molecular weight excluding hydrogens is 158 g/mol. The summed E-state index contributed by atoms with van der Waals surface area (Å²) in [4.78, 5) is 0. The van der Waals surface area contributed by atoms with Crippen LogP contribution in [0.3, 0.4) is 0 Å². The summed E-state index contributed by atoms with van der Waals surface area (Å²) in [7, 11) is 1.98. The maximum atomic E-state index is 3.07. The first-order valence-electron chi connectivity index (χ1n) is 5.10. The number of nitrogens with one attached hydrogen (secondary N) is 1. The predicted octanol–water partition coefficient (Wildman–Crippen LogP) is 2.60. The van der Waals surface area contributed by atoms with Crippen molar-refractivity contribution in [3.8, 4) is 0 Å². The molecule has 0 amide bonds. The molecule has 1 aromatic carbocycles. The van der Waals surface area contributed by atoms with E-state index in [1.165, 1.54) is 30.4 Å². The van der Waals surface area contributed by atoms with Gasteiger partial charge in [0.05, 0.1) is 0 Å². The fraction of sp³-hybridized carbons (Fsp3) is 0.500. The maximum absolute atomic E-state index is 3.07. The van der Waals surface area contributed by atoms with Gasteiger partial charge < -0.3 is 5.32 Å². The van der Waals surface area contributed by atoms with Gasteiger partial charge in [-0.3, -0.25) is 0 Å². The van der Waals surface area contributed by atoms with Crippen molar-refractivity contribution in [2.75, 3.05) is 13.6 Å². The van der Waals surface area contributed by atoms with E-state index in [2.05, 4.69) is 36.5 Å². The monoisotopic (exact) mass is 177 g/mol. The Morgan fingerprint density at radius 2 is 1.85 bits per heavy atom. The number of hydrogen-bond donors (Lipinski definition) is 1. The number of unbranched alkanes of at least 4 members (excludes halogenated alkanes) is 1. The third-order valence-corrected chi connectivity index (χ3v) is 2.15. The Morgan fingerprint density at radius 3 is 2.15 bits per heavy atom. The highest BCUT2D eigenvalue weighted by Gasteiger charge is 2.12. The van der Waals surface area contributed by atoms with Gasteiger partial charge in [-0.1, -0.05) is 37.6 Å². The molecule has 1 aliphatic carbocycles. The minimum absolute atomic E-state index is 1.16. The first-order valence-corrected chi connectivity index (χ1v) is 5.10. The van der Waals surface area contributed by atoms with Crippen molar-refractivity contribution >= 4 is 0 Å². The number of rotatable bonds is 3. The summed E-state index contributed by atoms with van der Waals surface area (Å²) in [5.74, 6) is 0. The predicted molar refractivity (Wildman–Crippen MR) is 58.1 cm³/mol. The molecule has 0 fully saturated rings. The second-order valence-corrected chi connectivity index (χ2v) is 3.40. The highest BCUT2D eigenvalue weighted by molar-refractivity contribution is 5.44. The summed E-state index contributed by atoms with van der Waals surface area (Å²) < 4.78 is 0. The van der Waals surface area contributed by atoms with E-state index in [-0.39, 0.29) is 0 Å². The van der Waals surface area contributed by atoms with Crippen LogP contribution in [0.25, 0.3) is 0 Å². The van der Waals surface area contributed by atoms with Crippen LogP contribution in [0.2, 0.25) is 0 Å². The lowest BCUT2D eigenvalue weighted by molar-refractivity contribution is 0.711. The van der Waals surface area contributed by atoms with E-state index in [4.69, 9.17) is 0 Å². The van der Waals surface area contributed by atoms with Crippen LogP contribution in [0.4, 0.5) is 0 Å². The van der Waals surface area contributed by atoms with Crippen molar-refractivity contribution in [2.24, 2.45) is 0 Å². The molecule has 1 nitrogen and oxygen atoms in total. The summed E-state index contributed by atoms with van der Waals surface area (Å²) in [6.45, 7) is 3.36. The van der Waals surface area contributed by atoms with E-state index in [0.29, 0.717) is 0 Å². The van der Waals surface area contributed by atoms with Gasteiger partial charge in [0.25, 0.3) is 0 Å². The van der Waals surface area contributed by atoms with Crippen LogP contribution in [0.5, 0.6) is 0 Å². The van der Waals surface area contributed by atoms with E-state index >= 15 is 0 Å². The summed E-state index contributed by atoms with van der Waals surface area (Å²) in [6.07, 6.45) is 3.84. The molecule has 1 N–H and O–H groups in total. The summed E-state index contributed by atoms with van der Waals surface area (Å²) in [5.41, 5.74) is 3.06. The van der Waals surface area contributed by atoms with Crippen molar-refractivity contribution in [2.45, 2.75) is 26.2 Å². The first kappa shape index (κ1) is 10.3. The number of fused-ring (bicyclic) bond motifs is 1. The van der Waals surface area contributed by atoms with Crippen molar-refractivity contribution in [3.05, 3.63) is 35.4 Å². The smallest absolute Gasteiger partial charge is 0.00201 e. The Balaban J connectivity index is 0.000000133. The second-order valence-electron chi connectivity index (χ2n) is 3.40. The molecule has 1 aliphatic rings. The summed E-state index contributed by atoms with van der Waals surface area (Å²) in [5, 5.41) is 3.07. The topological polar surface area (TPSA) is 12.0 Å². The highest BCUT2D eigenvalue weighted by atomic mass is 14.8. The SMILES string of the molecule is CCCCNC.c1ccc2c(c1)C2. The van der Waals surface area contributed by atoms with Crippen molar-refractivity contribution in [3.63, 3.8) is 0 Å². The van der Waals surface area contributed by atoms with Gasteiger partial charge in [0.2, 0.25) is 0 Å². The zero-order chi connectivity index (χ0) is 9.52. The normalized spacial score (nSPS) is 11.2. The van der Waals surface area contributed by atoms with Crippen molar-refractivity contribution in [1.82, 2.24) is 5.32 Å². The molecule has 0 radical (unpaired) electrons. The lowest BCUT2D eigenvalue weighted by Gasteiger charge is -1.89. The van der Waals surface area contributed by atoms with E-state index in [0.717, 1.165) is 6.54 Å². The molecule has 2 rings (SSSR count). The van der Waals surface area contributed by atoms with Gasteiger partial charge in [-0.2, -0.15) is 0 Å². The van der Waals surface area contributed by atoms with Crippen LogP contribution in [-0.4, -0.2) is 13.6 Å². The highest BCUT2D eigenvalue weighted by Crippen LogP contribution is 2.25. The van der Waals surface area contributed by atoms with Crippen LogP contribution in [0.1, 0.15) is 30.9 Å².